The number of rotatable bonds is 5. The predicted octanol–water partition coefficient (Wildman–Crippen LogP) is 2.72. The lowest BCUT2D eigenvalue weighted by atomic mass is 10.2. The molecule has 0 bridgehead atoms. The van der Waals surface area contributed by atoms with Gasteiger partial charge in [-0.1, -0.05) is 26.3 Å². The molecule has 1 heterocycles. The highest BCUT2D eigenvalue weighted by Crippen LogP contribution is 2.03. The van der Waals surface area contributed by atoms with Gasteiger partial charge >= 0.3 is 0 Å². The van der Waals surface area contributed by atoms with Gasteiger partial charge in [0.05, 0.1) is 12.0 Å². The molecule has 2 nitrogen and oxygen atoms in total. The van der Waals surface area contributed by atoms with Crippen molar-refractivity contribution in [3.63, 3.8) is 0 Å². The van der Waals surface area contributed by atoms with Crippen LogP contribution in [0.25, 0.3) is 6.20 Å². The fourth-order valence-corrected chi connectivity index (χ4v) is 1.16. The van der Waals surface area contributed by atoms with Crippen LogP contribution < -0.4 is 0 Å². The van der Waals surface area contributed by atoms with Crippen LogP contribution in [0.4, 0.5) is 0 Å². The average molecular weight is 164 g/mol. The van der Waals surface area contributed by atoms with Crippen LogP contribution in [0, 0.1) is 0 Å². The van der Waals surface area contributed by atoms with Crippen LogP contribution in [0.1, 0.15) is 31.9 Å². The SMILES string of the molecule is C=Cn1cnc(CCCCC)c1. The normalized spacial score (nSPS) is 10.1. The van der Waals surface area contributed by atoms with Crippen LogP contribution in [-0.4, -0.2) is 9.55 Å². The third-order valence-electron chi connectivity index (χ3n) is 1.90. The average Bonchev–Trinajstić information content (AvgIpc) is 2.53. The van der Waals surface area contributed by atoms with E-state index in [1.54, 1.807) is 12.5 Å². The van der Waals surface area contributed by atoms with Crippen molar-refractivity contribution in [2.75, 3.05) is 0 Å². The molecule has 0 amide bonds. The number of nitrogens with zero attached hydrogens (tertiary/aromatic N) is 2. The fourth-order valence-electron chi connectivity index (χ4n) is 1.16. The van der Waals surface area contributed by atoms with E-state index >= 15 is 0 Å². The van der Waals surface area contributed by atoms with Crippen molar-refractivity contribution in [1.82, 2.24) is 9.55 Å². The molecule has 0 aliphatic heterocycles. The molecule has 0 saturated heterocycles. The van der Waals surface area contributed by atoms with E-state index in [4.69, 9.17) is 0 Å². The molecule has 0 aromatic carbocycles. The van der Waals surface area contributed by atoms with E-state index in [-0.39, 0.29) is 0 Å². The van der Waals surface area contributed by atoms with Gasteiger partial charge in [0.25, 0.3) is 0 Å². The largest absolute Gasteiger partial charge is 0.313 e. The zero-order valence-corrected chi connectivity index (χ0v) is 7.66. The number of hydrogen-bond donors (Lipinski definition) is 0. The molecule has 1 aromatic heterocycles. The third-order valence-corrected chi connectivity index (χ3v) is 1.90. The van der Waals surface area contributed by atoms with E-state index in [1.807, 2.05) is 10.8 Å². The summed E-state index contributed by atoms with van der Waals surface area (Å²) in [5.41, 5.74) is 1.17. The lowest BCUT2D eigenvalue weighted by molar-refractivity contribution is 0.709. The molecule has 2 heteroatoms. The summed E-state index contributed by atoms with van der Waals surface area (Å²) in [7, 11) is 0. The van der Waals surface area contributed by atoms with Crippen molar-refractivity contribution in [2.24, 2.45) is 0 Å². The minimum Gasteiger partial charge on any atom is -0.313 e. The second-order valence-electron chi connectivity index (χ2n) is 2.95. The molecule has 0 aliphatic rings. The fraction of sp³-hybridized carbons (Fsp3) is 0.500. The second-order valence-corrected chi connectivity index (χ2v) is 2.95. The minimum atomic E-state index is 1.09. The molecule has 0 fully saturated rings. The first kappa shape index (κ1) is 9.04. The van der Waals surface area contributed by atoms with Gasteiger partial charge in [-0.3, -0.25) is 0 Å². The van der Waals surface area contributed by atoms with Crippen molar-refractivity contribution in [3.05, 3.63) is 24.8 Å². The highest BCUT2D eigenvalue weighted by molar-refractivity contribution is 5.17. The standard InChI is InChI=1S/C10H16N2/c1-3-5-6-7-10-8-12(4-2)9-11-10/h4,8-9H,2-3,5-7H2,1H3. The number of hydrogen-bond acceptors (Lipinski definition) is 1. The molecule has 0 unspecified atom stereocenters. The Morgan fingerprint density at radius 2 is 2.42 bits per heavy atom. The van der Waals surface area contributed by atoms with Crippen LogP contribution >= 0.6 is 0 Å². The molecule has 0 aliphatic carbocycles. The lowest BCUT2D eigenvalue weighted by Gasteiger charge is -1.93. The smallest absolute Gasteiger partial charge is 0.0990 e. The maximum atomic E-state index is 4.25. The first-order valence-corrected chi connectivity index (χ1v) is 4.51. The van der Waals surface area contributed by atoms with E-state index in [0.717, 1.165) is 6.42 Å². The summed E-state index contributed by atoms with van der Waals surface area (Å²) in [6.45, 7) is 5.87. The zero-order chi connectivity index (χ0) is 8.81. The summed E-state index contributed by atoms with van der Waals surface area (Å²) in [5, 5.41) is 0. The second kappa shape index (κ2) is 4.75. The van der Waals surface area contributed by atoms with Crippen molar-refractivity contribution in [2.45, 2.75) is 32.6 Å². The van der Waals surface area contributed by atoms with Gasteiger partial charge in [-0.05, 0) is 12.8 Å². The Kier molecular flexibility index (Phi) is 3.58. The Morgan fingerprint density at radius 3 is 3.00 bits per heavy atom. The van der Waals surface area contributed by atoms with Crippen LogP contribution in [0.5, 0.6) is 0 Å². The Morgan fingerprint density at radius 1 is 1.58 bits per heavy atom. The minimum absolute atomic E-state index is 1.09. The molecule has 12 heavy (non-hydrogen) atoms. The van der Waals surface area contributed by atoms with Gasteiger partial charge in [0.1, 0.15) is 0 Å². The Balaban J connectivity index is 2.36. The van der Waals surface area contributed by atoms with Gasteiger partial charge in [0, 0.05) is 12.4 Å². The van der Waals surface area contributed by atoms with Crippen LogP contribution in [0.15, 0.2) is 19.1 Å². The topological polar surface area (TPSA) is 17.8 Å². The lowest BCUT2D eigenvalue weighted by Crippen LogP contribution is -1.84. The quantitative estimate of drug-likeness (QED) is 0.612. The van der Waals surface area contributed by atoms with E-state index in [0.29, 0.717) is 0 Å². The van der Waals surface area contributed by atoms with Crippen LogP contribution in [-0.2, 0) is 6.42 Å². The van der Waals surface area contributed by atoms with Crippen molar-refractivity contribution < 1.29 is 0 Å². The van der Waals surface area contributed by atoms with Crippen molar-refractivity contribution in [1.29, 1.82) is 0 Å². The Hall–Kier alpha value is -1.05. The summed E-state index contributed by atoms with van der Waals surface area (Å²) < 4.78 is 1.89. The maximum absolute atomic E-state index is 4.25. The predicted molar refractivity (Wildman–Crippen MR) is 51.8 cm³/mol. The van der Waals surface area contributed by atoms with Gasteiger partial charge in [-0.2, -0.15) is 0 Å². The molecule has 0 radical (unpaired) electrons. The molecule has 0 spiro atoms. The molecule has 1 rings (SSSR count). The van der Waals surface area contributed by atoms with E-state index in [1.165, 1.54) is 25.0 Å². The van der Waals surface area contributed by atoms with E-state index < -0.39 is 0 Å². The molecule has 66 valence electrons. The van der Waals surface area contributed by atoms with Gasteiger partial charge in [-0.15, -0.1) is 0 Å². The highest BCUT2D eigenvalue weighted by Gasteiger charge is 1.95. The van der Waals surface area contributed by atoms with E-state index in [2.05, 4.69) is 18.5 Å². The van der Waals surface area contributed by atoms with Crippen LogP contribution in [0.3, 0.4) is 0 Å². The summed E-state index contributed by atoms with van der Waals surface area (Å²) >= 11 is 0. The molecule has 0 atom stereocenters. The van der Waals surface area contributed by atoms with Gasteiger partial charge in [0.2, 0.25) is 0 Å². The van der Waals surface area contributed by atoms with Gasteiger partial charge < -0.3 is 4.57 Å². The van der Waals surface area contributed by atoms with Gasteiger partial charge in [-0.25, -0.2) is 4.98 Å². The number of aromatic nitrogens is 2. The highest BCUT2D eigenvalue weighted by atomic mass is 15.0. The summed E-state index contributed by atoms with van der Waals surface area (Å²) in [4.78, 5) is 4.25. The Labute approximate surface area is 73.9 Å². The molecular formula is C10H16N2. The molecule has 1 aromatic rings. The molecule has 0 saturated carbocycles. The monoisotopic (exact) mass is 164 g/mol. The maximum Gasteiger partial charge on any atom is 0.0990 e. The number of aryl methyl sites for hydroxylation is 1. The Bertz CT molecular complexity index is 238. The third kappa shape index (κ3) is 2.53. The first-order chi connectivity index (χ1) is 5.86. The molecular weight excluding hydrogens is 148 g/mol. The van der Waals surface area contributed by atoms with E-state index in [9.17, 15) is 0 Å². The van der Waals surface area contributed by atoms with Crippen molar-refractivity contribution in [3.8, 4) is 0 Å². The summed E-state index contributed by atoms with van der Waals surface area (Å²) in [5.74, 6) is 0. The number of imidazole rings is 1. The van der Waals surface area contributed by atoms with Crippen molar-refractivity contribution >= 4 is 6.20 Å². The summed E-state index contributed by atoms with van der Waals surface area (Å²) in [6.07, 6.45) is 10.5. The first-order valence-electron chi connectivity index (χ1n) is 4.51. The summed E-state index contributed by atoms with van der Waals surface area (Å²) in [6, 6.07) is 0. The molecule has 0 N–H and O–H groups in total. The van der Waals surface area contributed by atoms with Crippen LogP contribution in [0.2, 0.25) is 0 Å². The number of unbranched alkanes of at least 4 members (excludes halogenated alkanes) is 2. The zero-order valence-electron chi connectivity index (χ0n) is 7.66. The van der Waals surface area contributed by atoms with Gasteiger partial charge in [0.15, 0.2) is 0 Å².